The minimum Gasteiger partial charge on any atom is -0.493 e. The molecule has 2 fully saturated rings. The summed E-state index contributed by atoms with van der Waals surface area (Å²) in [5.74, 6) is 1.59. The van der Waals surface area contributed by atoms with E-state index in [1.807, 2.05) is 23.1 Å². The van der Waals surface area contributed by atoms with Crippen LogP contribution in [0, 0.1) is 0 Å². The molecule has 25 heavy (non-hydrogen) atoms. The standard InChI is InChI=1S/C20H30N2O3/c1-24-18-7-6-16(14-19(18)25-2)15-20(23)22-12-8-17(9-13-22)21-10-4-3-5-11-21/h6-7,14,17H,3-5,8-13,15H2,1-2H3. The Balaban J connectivity index is 1.52. The van der Waals surface area contributed by atoms with E-state index in [4.69, 9.17) is 9.47 Å². The van der Waals surface area contributed by atoms with Crippen molar-refractivity contribution in [3.8, 4) is 11.5 Å². The molecule has 0 aromatic heterocycles. The summed E-state index contributed by atoms with van der Waals surface area (Å²) in [6.45, 7) is 4.25. The molecule has 0 spiro atoms. The van der Waals surface area contributed by atoms with E-state index < -0.39 is 0 Å². The van der Waals surface area contributed by atoms with Crippen molar-refractivity contribution in [3.05, 3.63) is 23.8 Å². The average Bonchev–Trinajstić information content (AvgIpc) is 2.68. The molecule has 2 heterocycles. The van der Waals surface area contributed by atoms with Gasteiger partial charge in [-0.15, -0.1) is 0 Å². The highest BCUT2D eigenvalue weighted by atomic mass is 16.5. The predicted octanol–water partition coefficient (Wildman–Crippen LogP) is 2.72. The Labute approximate surface area is 150 Å². The van der Waals surface area contributed by atoms with Gasteiger partial charge in [-0.25, -0.2) is 0 Å². The zero-order chi connectivity index (χ0) is 17.6. The maximum atomic E-state index is 12.6. The van der Waals surface area contributed by atoms with Crippen molar-refractivity contribution in [1.82, 2.24) is 9.80 Å². The molecule has 5 nitrogen and oxygen atoms in total. The number of benzene rings is 1. The minimum absolute atomic E-state index is 0.212. The maximum absolute atomic E-state index is 12.6. The lowest BCUT2D eigenvalue weighted by Crippen LogP contribution is -2.48. The third-order valence-electron chi connectivity index (χ3n) is 5.53. The Morgan fingerprint density at radius 1 is 1.00 bits per heavy atom. The van der Waals surface area contributed by atoms with Gasteiger partial charge in [0.1, 0.15) is 0 Å². The van der Waals surface area contributed by atoms with Gasteiger partial charge < -0.3 is 19.3 Å². The number of hydrogen-bond acceptors (Lipinski definition) is 4. The van der Waals surface area contributed by atoms with Crippen molar-refractivity contribution in [2.45, 2.75) is 44.6 Å². The minimum atomic E-state index is 0.212. The summed E-state index contributed by atoms with van der Waals surface area (Å²) in [6, 6.07) is 6.38. The van der Waals surface area contributed by atoms with Crippen LogP contribution in [-0.2, 0) is 11.2 Å². The SMILES string of the molecule is COc1ccc(CC(=O)N2CCC(N3CCCCC3)CC2)cc1OC. The van der Waals surface area contributed by atoms with Gasteiger partial charge in [-0.05, 0) is 56.5 Å². The van der Waals surface area contributed by atoms with Gasteiger partial charge in [0, 0.05) is 19.1 Å². The third kappa shape index (κ3) is 4.46. The first kappa shape index (κ1) is 18.1. The molecule has 138 valence electrons. The number of hydrogen-bond donors (Lipinski definition) is 0. The number of methoxy groups -OCH3 is 2. The molecule has 1 aromatic carbocycles. The van der Waals surface area contributed by atoms with Crippen molar-refractivity contribution in [3.63, 3.8) is 0 Å². The first-order valence-electron chi connectivity index (χ1n) is 9.44. The Bertz CT molecular complexity index is 576. The smallest absolute Gasteiger partial charge is 0.226 e. The first-order chi connectivity index (χ1) is 12.2. The van der Waals surface area contributed by atoms with E-state index in [0.29, 0.717) is 24.0 Å². The third-order valence-corrected chi connectivity index (χ3v) is 5.53. The van der Waals surface area contributed by atoms with Crippen LogP contribution in [0.3, 0.4) is 0 Å². The van der Waals surface area contributed by atoms with Crippen molar-refractivity contribution >= 4 is 5.91 Å². The van der Waals surface area contributed by atoms with E-state index in [9.17, 15) is 4.79 Å². The van der Waals surface area contributed by atoms with Gasteiger partial charge in [0.25, 0.3) is 0 Å². The Kier molecular flexibility index (Phi) is 6.19. The van der Waals surface area contributed by atoms with Crippen LogP contribution in [0.4, 0.5) is 0 Å². The van der Waals surface area contributed by atoms with Gasteiger partial charge in [0.2, 0.25) is 5.91 Å². The van der Waals surface area contributed by atoms with E-state index in [2.05, 4.69) is 4.90 Å². The monoisotopic (exact) mass is 346 g/mol. The highest BCUT2D eigenvalue weighted by Gasteiger charge is 2.27. The number of rotatable bonds is 5. The Hall–Kier alpha value is -1.75. The summed E-state index contributed by atoms with van der Waals surface area (Å²) >= 11 is 0. The molecule has 0 aliphatic carbocycles. The molecule has 1 amide bonds. The van der Waals surface area contributed by atoms with Crippen LogP contribution in [-0.4, -0.2) is 62.1 Å². The summed E-state index contributed by atoms with van der Waals surface area (Å²) in [5, 5.41) is 0. The van der Waals surface area contributed by atoms with E-state index in [-0.39, 0.29) is 5.91 Å². The molecule has 2 aliphatic rings. The van der Waals surface area contributed by atoms with Crippen LogP contribution < -0.4 is 9.47 Å². The van der Waals surface area contributed by atoms with E-state index >= 15 is 0 Å². The number of carbonyl (C=O) groups is 1. The van der Waals surface area contributed by atoms with Crippen molar-refractivity contribution in [2.24, 2.45) is 0 Å². The van der Waals surface area contributed by atoms with Gasteiger partial charge in [0.15, 0.2) is 11.5 Å². The molecule has 3 rings (SSSR count). The lowest BCUT2D eigenvalue weighted by atomic mass is 9.99. The second-order valence-electron chi connectivity index (χ2n) is 7.07. The second kappa shape index (κ2) is 8.56. The highest BCUT2D eigenvalue weighted by molar-refractivity contribution is 5.79. The summed E-state index contributed by atoms with van der Waals surface area (Å²) < 4.78 is 10.6. The fraction of sp³-hybridized carbons (Fsp3) is 0.650. The molecule has 0 unspecified atom stereocenters. The quantitative estimate of drug-likeness (QED) is 0.822. The Morgan fingerprint density at radius 2 is 1.68 bits per heavy atom. The van der Waals surface area contributed by atoms with Crippen molar-refractivity contribution in [2.75, 3.05) is 40.4 Å². The Morgan fingerprint density at radius 3 is 2.32 bits per heavy atom. The fourth-order valence-electron chi connectivity index (χ4n) is 4.04. The zero-order valence-corrected chi connectivity index (χ0v) is 15.5. The summed E-state index contributed by atoms with van der Waals surface area (Å²) in [5.41, 5.74) is 0.973. The van der Waals surface area contributed by atoms with E-state index in [1.54, 1.807) is 14.2 Å². The number of likely N-dealkylation sites (tertiary alicyclic amines) is 2. The number of ether oxygens (including phenoxy) is 2. The normalized spacial score (nSPS) is 19.7. The molecule has 0 bridgehead atoms. The number of amides is 1. The molecule has 2 saturated heterocycles. The van der Waals surface area contributed by atoms with Gasteiger partial charge >= 0.3 is 0 Å². The van der Waals surface area contributed by atoms with Gasteiger partial charge in [-0.1, -0.05) is 12.5 Å². The number of carbonyl (C=O) groups excluding carboxylic acids is 1. The van der Waals surface area contributed by atoms with Crippen LogP contribution in [0.15, 0.2) is 18.2 Å². The summed E-state index contributed by atoms with van der Waals surface area (Å²) in [7, 11) is 3.24. The van der Waals surface area contributed by atoms with Gasteiger partial charge in [-0.3, -0.25) is 4.79 Å². The van der Waals surface area contributed by atoms with Crippen molar-refractivity contribution < 1.29 is 14.3 Å². The van der Waals surface area contributed by atoms with E-state index in [0.717, 1.165) is 31.5 Å². The van der Waals surface area contributed by atoms with Crippen LogP contribution in [0.2, 0.25) is 0 Å². The molecule has 0 saturated carbocycles. The molecule has 0 radical (unpaired) electrons. The maximum Gasteiger partial charge on any atom is 0.226 e. The van der Waals surface area contributed by atoms with Gasteiger partial charge in [-0.2, -0.15) is 0 Å². The lowest BCUT2D eigenvalue weighted by molar-refractivity contribution is -0.132. The van der Waals surface area contributed by atoms with E-state index in [1.165, 1.54) is 32.4 Å². The van der Waals surface area contributed by atoms with Gasteiger partial charge in [0.05, 0.1) is 20.6 Å². The van der Waals surface area contributed by atoms with Crippen LogP contribution >= 0.6 is 0 Å². The molecule has 0 N–H and O–H groups in total. The zero-order valence-electron chi connectivity index (χ0n) is 15.5. The second-order valence-corrected chi connectivity index (χ2v) is 7.07. The molecular formula is C20H30N2O3. The molecule has 0 atom stereocenters. The predicted molar refractivity (Wildman–Crippen MR) is 98.3 cm³/mol. The van der Waals surface area contributed by atoms with Crippen molar-refractivity contribution in [1.29, 1.82) is 0 Å². The summed E-state index contributed by atoms with van der Waals surface area (Å²) in [4.78, 5) is 17.3. The average molecular weight is 346 g/mol. The van der Waals surface area contributed by atoms with Crippen LogP contribution in [0.1, 0.15) is 37.7 Å². The first-order valence-corrected chi connectivity index (χ1v) is 9.44. The molecule has 5 heteroatoms. The van der Waals surface area contributed by atoms with Crippen LogP contribution in [0.5, 0.6) is 11.5 Å². The molecule has 2 aliphatic heterocycles. The molecular weight excluding hydrogens is 316 g/mol. The summed E-state index contributed by atoms with van der Waals surface area (Å²) in [6.07, 6.45) is 6.68. The fourth-order valence-corrected chi connectivity index (χ4v) is 4.04. The molecule has 1 aromatic rings. The number of piperidine rings is 2. The lowest BCUT2D eigenvalue weighted by Gasteiger charge is -2.40. The highest BCUT2D eigenvalue weighted by Crippen LogP contribution is 2.28. The largest absolute Gasteiger partial charge is 0.493 e. The topological polar surface area (TPSA) is 42.0 Å². The number of nitrogens with zero attached hydrogens (tertiary/aromatic N) is 2. The van der Waals surface area contributed by atoms with Crippen LogP contribution in [0.25, 0.3) is 0 Å².